The van der Waals surface area contributed by atoms with E-state index >= 15 is 0 Å². The monoisotopic (exact) mass is 467 g/mol. The molecule has 9 heteroatoms. The minimum atomic E-state index is -0.285. The minimum absolute atomic E-state index is 0.0395. The van der Waals surface area contributed by atoms with Crippen molar-refractivity contribution in [3.8, 4) is 16.9 Å². The number of thiazole rings is 1. The molecule has 0 aliphatic carbocycles. The zero-order valence-corrected chi connectivity index (χ0v) is 20.2. The van der Waals surface area contributed by atoms with E-state index in [2.05, 4.69) is 40.6 Å². The van der Waals surface area contributed by atoms with Crippen molar-refractivity contribution in [2.45, 2.75) is 39.3 Å². The standard InChI is InChI=1S/C24H29N5O3S/c1-15(14-31-4)12-28-13-17(11-25-28)16-5-6-20-19(9-16)29(7-8-32-20)23-26-18-10-24(2,3)27-22(30)21(18)33-23/h5-6,9,11,13,15H,7-8,10,12,14H2,1-4H3,(H,27,30)/t15-/m0/s1. The zero-order chi connectivity index (χ0) is 23.2. The Morgan fingerprint density at radius 2 is 2.18 bits per heavy atom. The summed E-state index contributed by atoms with van der Waals surface area (Å²) in [6, 6.07) is 6.19. The molecule has 33 heavy (non-hydrogen) atoms. The molecule has 2 aromatic heterocycles. The van der Waals surface area contributed by atoms with Crippen LogP contribution in [0.1, 0.15) is 36.1 Å². The molecule has 0 saturated carbocycles. The predicted octanol–water partition coefficient (Wildman–Crippen LogP) is 3.88. The van der Waals surface area contributed by atoms with Crippen LogP contribution in [0.2, 0.25) is 0 Å². The number of hydrogen-bond donors (Lipinski definition) is 1. The maximum absolute atomic E-state index is 12.6. The van der Waals surface area contributed by atoms with E-state index in [1.807, 2.05) is 30.8 Å². The fourth-order valence-corrected chi connectivity index (χ4v) is 5.46. The number of benzene rings is 1. The number of aromatic nitrogens is 3. The average molecular weight is 468 g/mol. The molecule has 0 unspecified atom stereocenters. The number of rotatable bonds is 6. The summed E-state index contributed by atoms with van der Waals surface area (Å²) in [5, 5.41) is 8.44. The van der Waals surface area contributed by atoms with Crippen molar-refractivity contribution in [1.29, 1.82) is 0 Å². The molecule has 2 aliphatic heterocycles. The maximum Gasteiger partial charge on any atom is 0.263 e. The van der Waals surface area contributed by atoms with Crippen LogP contribution in [0.5, 0.6) is 5.75 Å². The van der Waals surface area contributed by atoms with Crippen LogP contribution in [-0.4, -0.2) is 53.1 Å². The first-order valence-electron chi connectivity index (χ1n) is 11.2. The Balaban J connectivity index is 1.45. The van der Waals surface area contributed by atoms with Gasteiger partial charge in [-0.2, -0.15) is 5.10 Å². The third-order valence-electron chi connectivity index (χ3n) is 5.92. The van der Waals surface area contributed by atoms with Gasteiger partial charge in [-0.25, -0.2) is 4.98 Å². The number of fused-ring (bicyclic) bond motifs is 2. The van der Waals surface area contributed by atoms with Gasteiger partial charge in [0.05, 0.1) is 30.7 Å². The summed E-state index contributed by atoms with van der Waals surface area (Å²) in [7, 11) is 1.72. The number of hydrogen-bond acceptors (Lipinski definition) is 7. The minimum Gasteiger partial charge on any atom is -0.490 e. The summed E-state index contributed by atoms with van der Waals surface area (Å²) < 4.78 is 13.1. The molecule has 3 aromatic rings. The Morgan fingerprint density at radius 3 is 3.00 bits per heavy atom. The van der Waals surface area contributed by atoms with Gasteiger partial charge in [0.1, 0.15) is 17.2 Å². The number of anilines is 2. The van der Waals surface area contributed by atoms with Crippen LogP contribution < -0.4 is 15.0 Å². The normalized spacial score (nSPS) is 17.7. The fraction of sp³-hybridized carbons (Fsp3) is 0.458. The van der Waals surface area contributed by atoms with Crippen molar-refractivity contribution >= 4 is 28.1 Å². The van der Waals surface area contributed by atoms with Gasteiger partial charge in [0.25, 0.3) is 5.91 Å². The molecule has 0 fully saturated rings. The van der Waals surface area contributed by atoms with E-state index in [0.717, 1.165) is 46.4 Å². The lowest BCUT2D eigenvalue weighted by Gasteiger charge is -2.29. The van der Waals surface area contributed by atoms with E-state index in [1.165, 1.54) is 11.3 Å². The lowest BCUT2D eigenvalue weighted by Crippen LogP contribution is -2.48. The van der Waals surface area contributed by atoms with E-state index in [1.54, 1.807) is 7.11 Å². The number of nitrogens with one attached hydrogen (secondary N) is 1. The number of ether oxygens (including phenoxy) is 2. The molecule has 4 heterocycles. The summed E-state index contributed by atoms with van der Waals surface area (Å²) in [6.07, 6.45) is 4.68. The molecule has 8 nitrogen and oxygen atoms in total. The smallest absolute Gasteiger partial charge is 0.263 e. The zero-order valence-electron chi connectivity index (χ0n) is 19.4. The van der Waals surface area contributed by atoms with Gasteiger partial charge in [0.2, 0.25) is 0 Å². The van der Waals surface area contributed by atoms with Crippen LogP contribution in [0.3, 0.4) is 0 Å². The second kappa shape index (κ2) is 8.46. The molecule has 174 valence electrons. The first-order chi connectivity index (χ1) is 15.8. The van der Waals surface area contributed by atoms with Crippen LogP contribution in [0, 0.1) is 5.92 Å². The maximum atomic E-state index is 12.6. The van der Waals surface area contributed by atoms with Crippen molar-refractivity contribution in [2.24, 2.45) is 5.92 Å². The molecular weight excluding hydrogens is 438 g/mol. The second-order valence-electron chi connectivity index (χ2n) is 9.48. The van der Waals surface area contributed by atoms with Crippen LogP contribution in [-0.2, 0) is 17.7 Å². The van der Waals surface area contributed by atoms with Crippen LogP contribution in [0.15, 0.2) is 30.6 Å². The Labute approximate surface area is 197 Å². The molecule has 2 aliphatic rings. The van der Waals surface area contributed by atoms with Crippen LogP contribution >= 0.6 is 11.3 Å². The van der Waals surface area contributed by atoms with Gasteiger partial charge in [-0.05, 0) is 37.5 Å². The van der Waals surface area contributed by atoms with E-state index < -0.39 is 0 Å². The Kier molecular flexibility index (Phi) is 5.62. The summed E-state index contributed by atoms with van der Waals surface area (Å²) in [4.78, 5) is 20.3. The first kappa shape index (κ1) is 21.9. The highest BCUT2D eigenvalue weighted by Gasteiger charge is 2.34. The highest BCUT2D eigenvalue weighted by atomic mass is 32.1. The quantitative estimate of drug-likeness (QED) is 0.593. The molecule has 0 spiro atoms. The van der Waals surface area contributed by atoms with E-state index in [-0.39, 0.29) is 11.4 Å². The van der Waals surface area contributed by atoms with Crippen molar-refractivity contribution < 1.29 is 14.3 Å². The number of methoxy groups -OCH3 is 1. The Hall–Kier alpha value is -2.91. The average Bonchev–Trinajstić information content (AvgIpc) is 3.39. The molecule has 1 N–H and O–H groups in total. The van der Waals surface area contributed by atoms with Gasteiger partial charge in [-0.1, -0.05) is 24.3 Å². The molecule has 1 atom stereocenters. The summed E-state index contributed by atoms with van der Waals surface area (Å²) in [6.45, 7) is 8.96. The fourth-order valence-electron chi connectivity index (χ4n) is 4.44. The van der Waals surface area contributed by atoms with Gasteiger partial charge in [-0.15, -0.1) is 0 Å². The van der Waals surface area contributed by atoms with E-state index in [9.17, 15) is 4.79 Å². The van der Waals surface area contributed by atoms with Crippen LogP contribution in [0.25, 0.3) is 11.1 Å². The molecular formula is C24H29N5O3S. The van der Waals surface area contributed by atoms with Gasteiger partial charge in [-0.3, -0.25) is 9.48 Å². The topological polar surface area (TPSA) is 81.5 Å². The molecule has 1 aromatic carbocycles. The third kappa shape index (κ3) is 4.35. The number of carbonyl (C=O) groups is 1. The summed E-state index contributed by atoms with van der Waals surface area (Å²) in [5.41, 5.74) is 3.67. The number of amides is 1. The first-order valence-corrected chi connectivity index (χ1v) is 12.0. The molecule has 5 rings (SSSR count). The third-order valence-corrected chi connectivity index (χ3v) is 7.04. The van der Waals surface area contributed by atoms with E-state index in [4.69, 9.17) is 14.5 Å². The highest BCUT2D eigenvalue weighted by molar-refractivity contribution is 7.17. The van der Waals surface area contributed by atoms with Crippen molar-refractivity contribution in [3.63, 3.8) is 0 Å². The van der Waals surface area contributed by atoms with Crippen molar-refractivity contribution in [2.75, 3.05) is 31.8 Å². The van der Waals surface area contributed by atoms with Crippen molar-refractivity contribution in [1.82, 2.24) is 20.1 Å². The summed E-state index contributed by atoms with van der Waals surface area (Å²) in [5.74, 6) is 1.17. The molecule has 0 saturated heterocycles. The Bertz CT molecular complexity index is 1180. The number of nitrogens with zero attached hydrogens (tertiary/aromatic N) is 4. The predicted molar refractivity (Wildman–Crippen MR) is 129 cm³/mol. The summed E-state index contributed by atoms with van der Waals surface area (Å²) >= 11 is 1.45. The van der Waals surface area contributed by atoms with Crippen molar-refractivity contribution in [3.05, 3.63) is 41.2 Å². The van der Waals surface area contributed by atoms with Crippen LogP contribution in [0.4, 0.5) is 10.8 Å². The van der Waals surface area contributed by atoms with Gasteiger partial charge in [0.15, 0.2) is 5.13 Å². The molecule has 0 radical (unpaired) electrons. The van der Waals surface area contributed by atoms with Gasteiger partial charge < -0.3 is 19.7 Å². The lowest BCUT2D eigenvalue weighted by atomic mass is 9.94. The molecule has 1 amide bonds. The van der Waals surface area contributed by atoms with Gasteiger partial charge >= 0.3 is 0 Å². The lowest BCUT2D eigenvalue weighted by molar-refractivity contribution is 0.0901. The largest absolute Gasteiger partial charge is 0.490 e. The van der Waals surface area contributed by atoms with Gasteiger partial charge in [0, 0.05) is 37.4 Å². The second-order valence-corrected chi connectivity index (χ2v) is 10.5. The molecule has 0 bridgehead atoms. The van der Waals surface area contributed by atoms with E-state index in [0.29, 0.717) is 30.6 Å². The SMILES string of the molecule is COC[C@@H](C)Cn1cc(-c2ccc3c(c2)N(c2nc4c(s2)C(=O)NC(C)(C)C4)CCO3)cn1. The number of carbonyl (C=O) groups excluding carboxylic acids is 1. The highest BCUT2D eigenvalue weighted by Crippen LogP contribution is 2.42. The Morgan fingerprint density at radius 1 is 1.33 bits per heavy atom.